The van der Waals surface area contributed by atoms with Gasteiger partial charge in [0.25, 0.3) is 5.91 Å². The van der Waals surface area contributed by atoms with Crippen molar-refractivity contribution in [3.63, 3.8) is 0 Å². The Morgan fingerprint density at radius 1 is 0.870 bits per heavy atom. The van der Waals surface area contributed by atoms with Crippen molar-refractivity contribution in [3.05, 3.63) is 137 Å². The lowest BCUT2D eigenvalue weighted by molar-refractivity contribution is -0.123. The second kappa shape index (κ2) is 11.7. The fourth-order valence-electron chi connectivity index (χ4n) is 6.78. The lowest BCUT2D eigenvalue weighted by Crippen LogP contribution is -2.42. The highest BCUT2D eigenvalue weighted by atomic mass is 32.2. The van der Waals surface area contributed by atoms with Gasteiger partial charge in [-0.3, -0.25) is 14.5 Å². The van der Waals surface area contributed by atoms with Crippen molar-refractivity contribution < 1.29 is 22.7 Å². The van der Waals surface area contributed by atoms with Crippen molar-refractivity contribution in [2.75, 3.05) is 25.4 Å². The molecule has 4 aromatic rings. The summed E-state index contributed by atoms with van der Waals surface area (Å²) in [6, 6.07) is 33.1. The number of amides is 1. The number of fused-ring (bicyclic) bond motifs is 3. The average Bonchev–Trinajstić information content (AvgIpc) is 3.53. The van der Waals surface area contributed by atoms with E-state index in [9.17, 15) is 8.42 Å². The highest BCUT2D eigenvalue weighted by molar-refractivity contribution is 8.14. The molecule has 3 aliphatic rings. The molecule has 234 valence electrons. The molecule has 8 nitrogen and oxygen atoms in total. The molecule has 0 fully saturated rings. The molecule has 1 N–H and O–H groups in total. The van der Waals surface area contributed by atoms with Gasteiger partial charge in [0.15, 0.2) is 5.54 Å². The molecule has 3 heterocycles. The molecule has 4 aromatic carbocycles. The van der Waals surface area contributed by atoms with Crippen LogP contribution < -0.4 is 19.1 Å². The van der Waals surface area contributed by atoms with Crippen LogP contribution in [-0.2, 0) is 26.9 Å². The molecular weight excluding hydrogens is 619 g/mol. The van der Waals surface area contributed by atoms with Crippen LogP contribution in [0.3, 0.4) is 0 Å². The number of aliphatic imine (C=N–C) groups is 1. The molecule has 0 unspecified atom stereocenters. The fourth-order valence-corrected chi connectivity index (χ4v) is 8.80. The van der Waals surface area contributed by atoms with Gasteiger partial charge < -0.3 is 14.4 Å². The van der Waals surface area contributed by atoms with Gasteiger partial charge in [0.2, 0.25) is 10.0 Å². The second-order valence-electron chi connectivity index (χ2n) is 11.6. The minimum Gasteiger partial charge on any atom is -0.497 e. The molecule has 0 radical (unpaired) electrons. The van der Waals surface area contributed by atoms with Crippen LogP contribution in [0.25, 0.3) is 0 Å². The number of carbonyl (C=O) groups excluding carboxylic acids is 1. The minimum absolute atomic E-state index is 0.142. The van der Waals surface area contributed by atoms with Gasteiger partial charge in [-0.2, -0.15) is 0 Å². The Kier molecular flexibility index (Phi) is 7.65. The van der Waals surface area contributed by atoms with Crippen molar-refractivity contribution in [1.29, 1.82) is 0 Å². The molecule has 7 rings (SSSR count). The number of hydrogen-bond donors (Lipinski definition) is 1. The van der Waals surface area contributed by atoms with E-state index in [1.807, 2.05) is 108 Å². The molecular formula is C36H33N3O5S2. The first-order valence-electron chi connectivity index (χ1n) is 14.9. The molecule has 0 aliphatic carbocycles. The fraction of sp³-hybridized carbons (Fsp3) is 0.222. The number of anilines is 1. The zero-order valence-electron chi connectivity index (χ0n) is 25.6. The van der Waals surface area contributed by atoms with Gasteiger partial charge in [0.1, 0.15) is 11.5 Å². The minimum atomic E-state index is -3.66. The summed E-state index contributed by atoms with van der Waals surface area (Å²) >= 11 is 1.57. The van der Waals surface area contributed by atoms with Crippen LogP contribution in [0, 0.1) is 0 Å². The predicted octanol–water partition coefficient (Wildman–Crippen LogP) is 6.32. The number of allylic oxidation sites excluding steroid dienone is 1. The maximum Gasteiger partial charge on any atom is 0.260 e. The van der Waals surface area contributed by atoms with Crippen molar-refractivity contribution >= 4 is 38.4 Å². The highest BCUT2D eigenvalue weighted by Gasteiger charge is 2.62. The number of benzene rings is 4. The van der Waals surface area contributed by atoms with Crippen LogP contribution in [-0.4, -0.2) is 39.8 Å². The topological polar surface area (TPSA) is 97.3 Å². The Balaban J connectivity index is 1.45. The number of thioether (sulfide) groups is 1. The molecule has 0 saturated heterocycles. The van der Waals surface area contributed by atoms with Gasteiger partial charge in [0.05, 0.1) is 43.7 Å². The van der Waals surface area contributed by atoms with E-state index in [2.05, 4.69) is 4.72 Å². The van der Waals surface area contributed by atoms with E-state index < -0.39 is 21.5 Å². The van der Waals surface area contributed by atoms with Crippen LogP contribution in [0.4, 0.5) is 5.69 Å². The SMILES string of the molecule is COc1ccc([C@@H]2CC(NS(C)(=O)=O)=C3C(=N[C@]4(C(=O)N(Cc5ccccc5)c5ccccc54)[C@@H]3c3ccc(OC)cc3)S2)cc1. The maximum absolute atomic E-state index is 15.1. The number of nitrogens with zero attached hydrogens (tertiary/aromatic N) is 2. The second-order valence-corrected chi connectivity index (χ2v) is 14.6. The molecule has 46 heavy (non-hydrogen) atoms. The zero-order valence-corrected chi connectivity index (χ0v) is 27.3. The van der Waals surface area contributed by atoms with Gasteiger partial charge in [0, 0.05) is 28.5 Å². The summed E-state index contributed by atoms with van der Waals surface area (Å²) in [5.41, 5.74) is 4.39. The average molecular weight is 652 g/mol. The number of methoxy groups -OCH3 is 2. The lowest BCUT2D eigenvalue weighted by Gasteiger charge is -2.32. The van der Waals surface area contributed by atoms with Crippen LogP contribution in [0.5, 0.6) is 11.5 Å². The van der Waals surface area contributed by atoms with E-state index in [4.69, 9.17) is 14.5 Å². The Morgan fingerprint density at radius 3 is 2.11 bits per heavy atom. The van der Waals surface area contributed by atoms with Gasteiger partial charge in [-0.25, -0.2) is 8.42 Å². The van der Waals surface area contributed by atoms with E-state index >= 15 is 4.79 Å². The number of sulfonamides is 1. The molecule has 0 saturated carbocycles. The summed E-state index contributed by atoms with van der Waals surface area (Å²) in [5.74, 6) is 0.685. The zero-order chi connectivity index (χ0) is 32.1. The lowest BCUT2D eigenvalue weighted by atomic mass is 9.73. The molecule has 10 heteroatoms. The van der Waals surface area contributed by atoms with Crippen molar-refractivity contribution in [2.24, 2.45) is 4.99 Å². The van der Waals surface area contributed by atoms with Crippen LogP contribution in [0.2, 0.25) is 0 Å². The quantitative estimate of drug-likeness (QED) is 0.240. The Bertz CT molecular complexity index is 1980. The van der Waals surface area contributed by atoms with E-state index in [-0.39, 0.29) is 11.2 Å². The highest BCUT2D eigenvalue weighted by Crippen LogP contribution is 2.61. The smallest absolute Gasteiger partial charge is 0.260 e. The summed E-state index contributed by atoms with van der Waals surface area (Å²) in [4.78, 5) is 22.3. The Labute approximate surface area is 273 Å². The number of hydrogen-bond acceptors (Lipinski definition) is 7. The molecule has 0 aromatic heterocycles. The predicted molar refractivity (Wildman–Crippen MR) is 182 cm³/mol. The molecule has 3 atom stereocenters. The van der Waals surface area contributed by atoms with E-state index in [0.29, 0.717) is 29.5 Å². The van der Waals surface area contributed by atoms with E-state index in [1.165, 1.54) is 0 Å². The molecule has 3 aliphatic heterocycles. The van der Waals surface area contributed by atoms with Gasteiger partial charge in [-0.1, -0.05) is 84.6 Å². The number of nitrogens with one attached hydrogen (secondary N) is 1. The van der Waals surface area contributed by atoms with Crippen molar-refractivity contribution in [2.45, 2.75) is 29.7 Å². The number of carbonyl (C=O) groups is 1. The first-order chi connectivity index (χ1) is 22.2. The normalized spacial score (nSPS) is 22.0. The monoisotopic (exact) mass is 651 g/mol. The number of ether oxygens (including phenoxy) is 2. The van der Waals surface area contributed by atoms with Crippen LogP contribution in [0.1, 0.15) is 39.8 Å². The molecule has 1 amide bonds. The summed E-state index contributed by atoms with van der Waals surface area (Å²) in [6.07, 6.45) is 1.57. The largest absolute Gasteiger partial charge is 0.497 e. The summed E-state index contributed by atoms with van der Waals surface area (Å²) in [5, 5.41) is 0.514. The standard InChI is InChI=1S/C36H33N3O5S2/c1-43-26-17-13-24(14-18-26)31-21-29(38-46(3,41)42)32-33(25-15-19-27(44-2)20-16-25)36(37-34(32)45-31)28-11-7-8-12-30(28)39(35(36)40)22-23-9-5-4-6-10-23/h4-20,31,33,38H,21-22H2,1-3H3/t31-,33+,36-/m0/s1. The third kappa shape index (κ3) is 5.15. The summed E-state index contributed by atoms with van der Waals surface area (Å²) in [6.45, 7) is 0.383. The molecule has 0 bridgehead atoms. The Morgan fingerprint density at radius 2 is 1.48 bits per heavy atom. The maximum atomic E-state index is 15.1. The van der Waals surface area contributed by atoms with Gasteiger partial charge in [-0.05, 0) is 47.0 Å². The van der Waals surface area contributed by atoms with E-state index in [0.717, 1.165) is 45.5 Å². The number of rotatable bonds is 8. The van der Waals surface area contributed by atoms with E-state index in [1.54, 1.807) is 26.0 Å². The van der Waals surface area contributed by atoms with Gasteiger partial charge in [-0.15, -0.1) is 0 Å². The van der Waals surface area contributed by atoms with Crippen LogP contribution in [0.15, 0.2) is 119 Å². The van der Waals surface area contributed by atoms with Crippen molar-refractivity contribution in [1.82, 2.24) is 4.72 Å². The first-order valence-corrected chi connectivity index (χ1v) is 17.7. The third-order valence-electron chi connectivity index (χ3n) is 8.79. The summed E-state index contributed by atoms with van der Waals surface area (Å²) in [7, 11) is -0.431. The number of para-hydroxylation sites is 1. The van der Waals surface area contributed by atoms with Crippen LogP contribution >= 0.6 is 11.8 Å². The first kappa shape index (κ1) is 30.1. The molecule has 1 spiro atoms. The van der Waals surface area contributed by atoms with Crippen molar-refractivity contribution in [3.8, 4) is 11.5 Å². The van der Waals surface area contributed by atoms with Gasteiger partial charge >= 0.3 is 0 Å². The summed E-state index contributed by atoms with van der Waals surface area (Å²) < 4.78 is 39.4. The Hall–Kier alpha value is -4.54. The third-order valence-corrected chi connectivity index (χ3v) is 10.7.